The molecule has 0 aromatic heterocycles. The SMILES string of the molecule is COC(=O)C(c1ccccc1)N(C)C.Cl. The number of nitrogens with zero attached hydrogens (tertiary/aromatic N) is 1. The summed E-state index contributed by atoms with van der Waals surface area (Å²) in [6.07, 6.45) is 0. The Hall–Kier alpha value is -1.06. The molecule has 0 saturated carbocycles. The number of halogens is 1. The Labute approximate surface area is 96.4 Å². The molecule has 15 heavy (non-hydrogen) atoms. The van der Waals surface area contributed by atoms with Gasteiger partial charge in [-0.05, 0) is 19.7 Å². The Morgan fingerprint density at radius 1 is 1.27 bits per heavy atom. The normalized spacial score (nSPS) is 11.7. The van der Waals surface area contributed by atoms with E-state index in [1.807, 2.05) is 49.3 Å². The molecule has 0 N–H and O–H groups in total. The average molecular weight is 230 g/mol. The van der Waals surface area contributed by atoms with Gasteiger partial charge in [-0.1, -0.05) is 30.3 Å². The summed E-state index contributed by atoms with van der Waals surface area (Å²) < 4.78 is 4.75. The van der Waals surface area contributed by atoms with Gasteiger partial charge in [0.1, 0.15) is 6.04 Å². The first-order chi connectivity index (χ1) is 6.66. The monoisotopic (exact) mass is 229 g/mol. The van der Waals surface area contributed by atoms with Crippen LogP contribution in [-0.4, -0.2) is 32.1 Å². The van der Waals surface area contributed by atoms with Gasteiger partial charge in [-0.15, -0.1) is 12.4 Å². The van der Waals surface area contributed by atoms with Crippen molar-refractivity contribution in [3.05, 3.63) is 35.9 Å². The minimum atomic E-state index is -0.318. The van der Waals surface area contributed by atoms with E-state index in [1.165, 1.54) is 7.11 Å². The highest BCUT2D eigenvalue weighted by Crippen LogP contribution is 2.18. The number of ether oxygens (including phenoxy) is 1. The third kappa shape index (κ3) is 3.53. The van der Waals surface area contributed by atoms with Crippen LogP contribution in [0.2, 0.25) is 0 Å². The average Bonchev–Trinajstić information content (AvgIpc) is 2.19. The number of rotatable bonds is 3. The molecule has 84 valence electrons. The van der Waals surface area contributed by atoms with Crippen molar-refractivity contribution in [3.8, 4) is 0 Å². The molecule has 0 heterocycles. The van der Waals surface area contributed by atoms with Gasteiger partial charge in [-0.25, -0.2) is 4.79 Å². The van der Waals surface area contributed by atoms with Gasteiger partial charge in [0, 0.05) is 0 Å². The second-order valence-corrected chi connectivity index (χ2v) is 3.30. The van der Waals surface area contributed by atoms with Gasteiger partial charge in [0.15, 0.2) is 0 Å². The lowest BCUT2D eigenvalue weighted by Gasteiger charge is -2.21. The topological polar surface area (TPSA) is 29.5 Å². The Morgan fingerprint density at radius 2 is 1.80 bits per heavy atom. The zero-order chi connectivity index (χ0) is 10.6. The Balaban J connectivity index is 0.00000196. The van der Waals surface area contributed by atoms with Crippen molar-refractivity contribution in [2.24, 2.45) is 0 Å². The van der Waals surface area contributed by atoms with Crippen molar-refractivity contribution in [2.75, 3.05) is 21.2 Å². The van der Waals surface area contributed by atoms with Crippen LogP contribution in [0, 0.1) is 0 Å². The molecule has 0 fully saturated rings. The zero-order valence-electron chi connectivity index (χ0n) is 9.14. The molecule has 3 nitrogen and oxygen atoms in total. The van der Waals surface area contributed by atoms with Crippen LogP contribution in [-0.2, 0) is 9.53 Å². The number of carbonyl (C=O) groups is 1. The predicted octanol–water partition coefficient (Wildman–Crippen LogP) is 1.88. The van der Waals surface area contributed by atoms with Gasteiger partial charge in [0.2, 0.25) is 0 Å². The molecule has 0 radical (unpaired) electrons. The van der Waals surface area contributed by atoms with E-state index in [0.29, 0.717) is 0 Å². The second-order valence-electron chi connectivity index (χ2n) is 3.30. The van der Waals surface area contributed by atoms with Crippen LogP contribution in [0.3, 0.4) is 0 Å². The number of likely N-dealkylation sites (N-methyl/N-ethyl adjacent to an activating group) is 1. The quantitative estimate of drug-likeness (QED) is 0.742. The zero-order valence-corrected chi connectivity index (χ0v) is 9.95. The van der Waals surface area contributed by atoms with E-state index in [2.05, 4.69) is 0 Å². The highest BCUT2D eigenvalue weighted by atomic mass is 35.5. The third-order valence-electron chi connectivity index (χ3n) is 2.06. The highest BCUT2D eigenvalue weighted by molar-refractivity contribution is 5.85. The lowest BCUT2D eigenvalue weighted by molar-refractivity contribution is -0.146. The van der Waals surface area contributed by atoms with E-state index in [0.717, 1.165) is 5.56 Å². The van der Waals surface area contributed by atoms with Crippen molar-refractivity contribution >= 4 is 18.4 Å². The molecule has 0 bridgehead atoms. The lowest BCUT2D eigenvalue weighted by Crippen LogP contribution is -2.28. The molecule has 0 aliphatic carbocycles. The van der Waals surface area contributed by atoms with Crippen molar-refractivity contribution in [1.29, 1.82) is 0 Å². The van der Waals surface area contributed by atoms with Gasteiger partial charge in [0.05, 0.1) is 7.11 Å². The van der Waals surface area contributed by atoms with Gasteiger partial charge in [-0.2, -0.15) is 0 Å². The minimum Gasteiger partial charge on any atom is -0.468 e. The summed E-state index contributed by atoms with van der Waals surface area (Å²) in [5.41, 5.74) is 0.948. The van der Waals surface area contributed by atoms with Crippen LogP contribution in [0.4, 0.5) is 0 Å². The minimum absolute atomic E-state index is 0. The molecular weight excluding hydrogens is 214 g/mol. The highest BCUT2D eigenvalue weighted by Gasteiger charge is 2.22. The van der Waals surface area contributed by atoms with E-state index < -0.39 is 0 Å². The molecule has 0 spiro atoms. The maximum absolute atomic E-state index is 11.5. The first-order valence-electron chi connectivity index (χ1n) is 4.46. The molecule has 1 rings (SSSR count). The fourth-order valence-electron chi connectivity index (χ4n) is 1.39. The lowest BCUT2D eigenvalue weighted by atomic mass is 10.1. The summed E-state index contributed by atoms with van der Waals surface area (Å²) in [4.78, 5) is 13.3. The van der Waals surface area contributed by atoms with Gasteiger partial charge < -0.3 is 4.74 Å². The third-order valence-corrected chi connectivity index (χ3v) is 2.06. The van der Waals surface area contributed by atoms with Crippen LogP contribution >= 0.6 is 12.4 Å². The number of hydrogen-bond acceptors (Lipinski definition) is 3. The maximum atomic E-state index is 11.5. The fourth-order valence-corrected chi connectivity index (χ4v) is 1.39. The largest absolute Gasteiger partial charge is 0.468 e. The summed E-state index contributed by atoms with van der Waals surface area (Å²) in [6.45, 7) is 0. The Bertz CT molecular complexity index is 301. The molecule has 1 aromatic carbocycles. The number of benzene rings is 1. The molecular formula is C11H16ClNO2. The fraction of sp³-hybridized carbons (Fsp3) is 0.364. The van der Waals surface area contributed by atoms with Crippen molar-refractivity contribution in [2.45, 2.75) is 6.04 Å². The summed E-state index contributed by atoms with van der Waals surface area (Å²) in [6, 6.07) is 9.27. The molecule has 1 aromatic rings. The molecule has 0 aliphatic rings. The number of hydrogen-bond donors (Lipinski definition) is 0. The molecule has 1 atom stereocenters. The maximum Gasteiger partial charge on any atom is 0.327 e. The van der Waals surface area contributed by atoms with Crippen molar-refractivity contribution in [1.82, 2.24) is 4.90 Å². The number of esters is 1. The Morgan fingerprint density at radius 3 is 2.20 bits per heavy atom. The number of methoxy groups -OCH3 is 1. The van der Waals surface area contributed by atoms with Crippen LogP contribution in [0.25, 0.3) is 0 Å². The van der Waals surface area contributed by atoms with Crippen molar-refractivity contribution < 1.29 is 9.53 Å². The molecule has 4 heteroatoms. The van der Waals surface area contributed by atoms with E-state index in [-0.39, 0.29) is 24.4 Å². The molecule has 1 unspecified atom stereocenters. The summed E-state index contributed by atoms with van der Waals surface area (Å²) in [5.74, 6) is -0.235. The van der Waals surface area contributed by atoms with Gasteiger partial charge >= 0.3 is 5.97 Å². The van der Waals surface area contributed by atoms with Crippen molar-refractivity contribution in [3.63, 3.8) is 0 Å². The first-order valence-corrected chi connectivity index (χ1v) is 4.46. The van der Waals surface area contributed by atoms with E-state index >= 15 is 0 Å². The Kier molecular flexibility index (Phi) is 5.97. The molecule has 0 aliphatic heterocycles. The van der Waals surface area contributed by atoms with Gasteiger partial charge in [-0.3, -0.25) is 4.90 Å². The van der Waals surface area contributed by atoms with E-state index in [9.17, 15) is 4.79 Å². The van der Waals surface area contributed by atoms with E-state index in [4.69, 9.17) is 4.74 Å². The summed E-state index contributed by atoms with van der Waals surface area (Å²) in [7, 11) is 5.12. The molecule has 0 saturated heterocycles. The first kappa shape index (κ1) is 13.9. The predicted molar refractivity (Wildman–Crippen MR) is 62.1 cm³/mol. The summed E-state index contributed by atoms with van der Waals surface area (Å²) in [5, 5.41) is 0. The number of carbonyl (C=O) groups excluding carboxylic acids is 1. The van der Waals surface area contributed by atoms with Crippen LogP contribution in [0.15, 0.2) is 30.3 Å². The van der Waals surface area contributed by atoms with E-state index in [1.54, 1.807) is 0 Å². The van der Waals surface area contributed by atoms with Crippen LogP contribution < -0.4 is 0 Å². The van der Waals surface area contributed by atoms with Crippen LogP contribution in [0.1, 0.15) is 11.6 Å². The van der Waals surface area contributed by atoms with Gasteiger partial charge in [0.25, 0.3) is 0 Å². The molecule has 0 amide bonds. The van der Waals surface area contributed by atoms with Crippen LogP contribution in [0.5, 0.6) is 0 Å². The smallest absolute Gasteiger partial charge is 0.327 e. The second kappa shape index (κ2) is 6.43. The summed E-state index contributed by atoms with van der Waals surface area (Å²) >= 11 is 0. The standard InChI is InChI=1S/C11H15NO2.ClH/c1-12(2)10(11(13)14-3)9-7-5-4-6-8-9;/h4-8,10H,1-3H3;1H.